The van der Waals surface area contributed by atoms with E-state index in [0.717, 1.165) is 24.2 Å². The van der Waals surface area contributed by atoms with Crippen LogP contribution in [0.15, 0.2) is 12.4 Å². The standard InChI is InChI=1S/C18H26N4O2/c1-5-14-10-13(8-9-24-4)20-16-15(19-11-22(14)16)17(23)21-18(2,3)12-6-7-12/h10-12H,5-9H2,1-4H3,(H,21,23). The van der Waals surface area contributed by atoms with Crippen molar-refractivity contribution in [1.82, 2.24) is 19.7 Å². The first-order chi connectivity index (χ1) is 11.5. The molecule has 0 bridgehead atoms. The number of fused-ring (bicyclic) bond motifs is 1. The quantitative estimate of drug-likeness (QED) is 0.846. The van der Waals surface area contributed by atoms with Crippen LogP contribution in [-0.4, -0.2) is 39.5 Å². The van der Waals surface area contributed by atoms with Gasteiger partial charge in [-0.25, -0.2) is 9.97 Å². The summed E-state index contributed by atoms with van der Waals surface area (Å²) in [6.07, 6.45) is 5.62. The summed E-state index contributed by atoms with van der Waals surface area (Å²) in [5.41, 5.74) is 2.85. The van der Waals surface area contributed by atoms with E-state index in [1.54, 1.807) is 13.4 Å². The van der Waals surface area contributed by atoms with Crippen LogP contribution in [-0.2, 0) is 17.6 Å². The maximum atomic E-state index is 12.7. The fourth-order valence-corrected chi connectivity index (χ4v) is 3.12. The zero-order chi connectivity index (χ0) is 17.3. The third kappa shape index (κ3) is 3.29. The molecule has 0 spiro atoms. The van der Waals surface area contributed by atoms with Crippen molar-refractivity contribution >= 4 is 11.6 Å². The van der Waals surface area contributed by atoms with Crippen molar-refractivity contribution in [1.29, 1.82) is 0 Å². The summed E-state index contributed by atoms with van der Waals surface area (Å²) in [5, 5.41) is 3.13. The van der Waals surface area contributed by atoms with E-state index in [1.807, 2.05) is 4.40 Å². The fraction of sp³-hybridized carbons (Fsp3) is 0.611. The summed E-state index contributed by atoms with van der Waals surface area (Å²) in [6.45, 7) is 6.85. The van der Waals surface area contributed by atoms with Gasteiger partial charge in [0, 0.05) is 30.5 Å². The van der Waals surface area contributed by atoms with Gasteiger partial charge in [-0.2, -0.15) is 0 Å². The molecule has 130 valence electrons. The van der Waals surface area contributed by atoms with Gasteiger partial charge in [-0.3, -0.25) is 9.20 Å². The molecule has 0 unspecified atom stereocenters. The topological polar surface area (TPSA) is 68.5 Å². The zero-order valence-electron chi connectivity index (χ0n) is 14.9. The van der Waals surface area contributed by atoms with E-state index in [9.17, 15) is 4.79 Å². The Labute approximate surface area is 142 Å². The van der Waals surface area contributed by atoms with Gasteiger partial charge in [0.15, 0.2) is 11.3 Å². The number of methoxy groups -OCH3 is 1. The summed E-state index contributed by atoms with van der Waals surface area (Å²) in [7, 11) is 1.68. The second-order valence-electron chi connectivity index (χ2n) is 7.07. The molecule has 0 aliphatic heterocycles. The lowest BCUT2D eigenvalue weighted by Crippen LogP contribution is -2.45. The number of nitrogens with zero attached hydrogens (tertiary/aromatic N) is 3. The monoisotopic (exact) mass is 330 g/mol. The summed E-state index contributed by atoms with van der Waals surface area (Å²) >= 11 is 0. The number of aromatic nitrogens is 3. The normalized spacial score (nSPS) is 15.0. The van der Waals surface area contributed by atoms with Crippen LogP contribution in [0.5, 0.6) is 0 Å². The van der Waals surface area contributed by atoms with Gasteiger partial charge in [0.1, 0.15) is 6.33 Å². The molecule has 2 aromatic heterocycles. The molecule has 24 heavy (non-hydrogen) atoms. The maximum Gasteiger partial charge on any atom is 0.274 e. The van der Waals surface area contributed by atoms with Crippen LogP contribution in [0, 0.1) is 5.92 Å². The SMILES string of the molecule is CCc1cc(CCOC)nc2c(C(=O)NC(C)(C)C3CC3)ncn12. The molecule has 1 fully saturated rings. The molecule has 1 amide bonds. The van der Waals surface area contributed by atoms with Crippen LogP contribution in [0.1, 0.15) is 55.5 Å². The Morgan fingerprint density at radius 1 is 1.46 bits per heavy atom. The van der Waals surface area contributed by atoms with Gasteiger partial charge in [-0.15, -0.1) is 0 Å². The van der Waals surface area contributed by atoms with E-state index >= 15 is 0 Å². The summed E-state index contributed by atoms with van der Waals surface area (Å²) < 4.78 is 7.06. The predicted molar refractivity (Wildman–Crippen MR) is 92.2 cm³/mol. The highest BCUT2D eigenvalue weighted by molar-refractivity contribution is 5.98. The molecule has 2 heterocycles. The Morgan fingerprint density at radius 2 is 2.21 bits per heavy atom. The molecule has 1 N–H and O–H groups in total. The molecular weight excluding hydrogens is 304 g/mol. The zero-order valence-corrected chi connectivity index (χ0v) is 14.9. The number of imidazole rings is 1. The van der Waals surface area contributed by atoms with Crippen LogP contribution < -0.4 is 5.32 Å². The first-order valence-corrected chi connectivity index (χ1v) is 8.63. The second-order valence-corrected chi connectivity index (χ2v) is 7.07. The van der Waals surface area contributed by atoms with E-state index in [0.29, 0.717) is 23.9 Å². The van der Waals surface area contributed by atoms with E-state index in [2.05, 4.69) is 42.1 Å². The maximum absolute atomic E-state index is 12.7. The first-order valence-electron chi connectivity index (χ1n) is 8.63. The number of amides is 1. The summed E-state index contributed by atoms with van der Waals surface area (Å²) in [4.78, 5) is 21.7. The van der Waals surface area contributed by atoms with Gasteiger partial charge >= 0.3 is 0 Å². The van der Waals surface area contributed by atoms with Crippen LogP contribution in [0.4, 0.5) is 0 Å². The van der Waals surface area contributed by atoms with Crippen molar-refractivity contribution in [2.45, 2.75) is 52.0 Å². The first kappa shape index (κ1) is 16.9. The van der Waals surface area contributed by atoms with Crippen molar-refractivity contribution in [3.63, 3.8) is 0 Å². The molecular formula is C18H26N4O2. The van der Waals surface area contributed by atoms with Gasteiger partial charge in [-0.05, 0) is 45.1 Å². The molecule has 1 aliphatic rings. The lowest BCUT2D eigenvalue weighted by molar-refractivity contribution is 0.0900. The number of nitrogens with one attached hydrogen (secondary N) is 1. The minimum atomic E-state index is -0.200. The number of carbonyl (C=O) groups excluding carboxylic acids is 1. The number of ether oxygens (including phenoxy) is 1. The average molecular weight is 330 g/mol. The molecule has 0 aromatic carbocycles. The summed E-state index contributed by atoms with van der Waals surface area (Å²) in [6, 6.07) is 2.06. The number of rotatable bonds is 7. The highest BCUT2D eigenvalue weighted by Gasteiger charge is 2.39. The minimum Gasteiger partial charge on any atom is -0.384 e. The number of hydrogen-bond donors (Lipinski definition) is 1. The Kier molecular flexibility index (Phi) is 4.58. The van der Waals surface area contributed by atoms with Gasteiger partial charge in [-0.1, -0.05) is 6.92 Å². The minimum absolute atomic E-state index is 0.146. The van der Waals surface area contributed by atoms with Crippen LogP contribution >= 0.6 is 0 Å². The summed E-state index contributed by atoms with van der Waals surface area (Å²) in [5.74, 6) is 0.416. The Hall–Kier alpha value is -1.95. The molecule has 6 heteroatoms. The molecule has 0 radical (unpaired) electrons. The van der Waals surface area contributed by atoms with Gasteiger partial charge in [0.2, 0.25) is 0 Å². The Morgan fingerprint density at radius 3 is 2.83 bits per heavy atom. The average Bonchev–Trinajstić information content (AvgIpc) is 3.32. The van der Waals surface area contributed by atoms with E-state index in [4.69, 9.17) is 4.74 Å². The van der Waals surface area contributed by atoms with Crippen LogP contribution in [0.3, 0.4) is 0 Å². The van der Waals surface area contributed by atoms with Crippen LogP contribution in [0.25, 0.3) is 5.65 Å². The van der Waals surface area contributed by atoms with Gasteiger partial charge < -0.3 is 10.1 Å². The largest absolute Gasteiger partial charge is 0.384 e. The third-order valence-corrected chi connectivity index (χ3v) is 4.81. The van der Waals surface area contributed by atoms with Crippen molar-refractivity contribution in [2.75, 3.05) is 13.7 Å². The van der Waals surface area contributed by atoms with Crippen molar-refractivity contribution < 1.29 is 9.53 Å². The second kappa shape index (κ2) is 6.51. The van der Waals surface area contributed by atoms with E-state index < -0.39 is 0 Å². The molecule has 3 rings (SSSR count). The lowest BCUT2D eigenvalue weighted by Gasteiger charge is -2.25. The molecule has 0 saturated heterocycles. The van der Waals surface area contributed by atoms with Crippen LogP contribution in [0.2, 0.25) is 0 Å². The van der Waals surface area contributed by atoms with E-state index in [-0.39, 0.29) is 11.4 Å². The Bertz CT molecular complexity index is 747. The lowest BCUT2D eigenvalue weighted by atomic mass is 9.98. The highest BCUT2D eigenvalue weighted by Crippen LogP contribution is 2.39. The van der Waals surface area contributed by atoms with Crippen molar-refractivity contribution in [3.8, 4) is 0 Å². The molecule has 1 saturated carbocycles. The van der Waals surface area contributed by atoms with Crippen molar-refractivity contribution in [3.05, 3.63) is 29.5 Å². The van der Waals surface area contributed by atoms with Gasteiger partial charge in [0.05, 0.1) is 6.61 Å². The highest BCUT2D eigenvalue weighted by atomic mass is 16.5. The molecule has 1 aliphatic carbocycles. The smallest absolute Gasteiger partial charge is 0.274 e. The molecule has 0 atom stereocenters. The number of aryl methyl sites for hydroxylation is 1. The van der Waals surface area contributed by atoms with Crippen molar-refractivity contribution in [2.24, 2.45) is 5.92 Å². The van der Waals surface area contributed by atoms with E-state index in [1.165, 1.54) is 12.8 Å². The fourth-order valence-electron chi connectivity index (χ4n) is 3.12. The molecule has 6 nitrogen and oxygen atoms in total. The third-order valence-electron chi connectivity index (χ3n) is 4.81. The molecule has 2 aromatic rings. The number of hydrogen-bond acceptors (Lipinski definition) is 4. The number of carbonyl (C=O) groups is 1. The van der Waals surface area contributed by atoms with Gasteiger partial charge in [0.25, 0.3) is 5.91 Å². The predicted octanol–water partition coefficient (Wildman–Crippen LogP) is 2.40. The Balaban J connectivity index is 1.93.